The first-order valence-electron chi connectivity index (χ1n) is 5.50. The molecule has 1 N–H and O–H groups in total. The normalized spacial score (nSPS) is 22.5. The van der Waals surface area contributed by atoms with Gasteiger partial charge in [0, 0.05) is 24.8 Å². The van der Waals surface area contributed by atoms with Gasteiger partial charge in [0.15, 0.2) is 0 Å². The lowest BCUT2D eigenvalue weighted by atomic mass is 10.2. The number of hydrogen-bond donors (Lipinski definition) is 1. The molecule has 15 heavy (non-hydrogen) atoms. The molecule has 2 rings (SSSR count). The Bertz CT molecular complexity index is 327. The summed E-state index contributed by atoms with van der Waals surface area (Å²) in [6.07, 6.45) is 1.11. The van der Waals surface area contributed by atoms with Gasteiger partial charge in [-0.1, -0.05) is 6.07 Å². The first kappa shape index (κ1) is 10.4. The van der Waals surface area contributed by atoms with E-state index >= 15 is 0 Å². The van der Waals surface area contributed by atoms with Crippen LogP contribution in [0.3, 0.4) is 0 Å². The average molecular weight is 208 g/mol. The number of nitrogens with one attached hydrogen (secondary N) is 1. The topological polar surface area (TPSA) is 15.3 Å². The van der Waals surface area contributed by atoms with Crippen molar-refractivity contribution in [3.05, 3.63) is 30.1 Å². The summed E-state index contributed by atoms with van der Waals surface area (Å²) < 4.78 is 13.1. The highest BCUT2D eigenvalue weighted by molar-refractivity contribution is 5.47. The zero-order valence-electron chi connectivity index (χ0n) is 9.04. The molecular formula is C12H17FN2. The van der Waals surface area contributed by atoms with E-state index in [2.05, 4.69) is 17.1 Å². The SMILES string of the molecule is CC1CCNCCN1c1cccc(F)c1. The van der Waals surface area contributed by atoms with Gasteiger partial charge in [0.1, 0.15) is 5.82 Å². The van der Waals surface area contributed by atoms with Crippen LogP contribution in [0, 0.1) is 5.82 Å². The Morgan fingerprint density at radius 1 is 1.40 bits per heavy atom. The third-order valence-corrected chi connectivity index (χ3v) is 2.94. The van der Waals surface area contributed by atoms with E-state index in [1.807, 2.05) is 6.07 Å². The molecule has 1 atom stereocenters. The van der Waals surface area contributed by atoms with Gasteiger partial charge in [-0.25, -0.2) is 4.39 Å². The Balaban J connectivity index is 2.20. The lowest BCUT2D eigenvalue weighted by molar-refractivity contribution is 0.614. The van der Waals surface area contributed by atoms with Crippen molar-refractivity contribution >= 4 is 5.69 Å². The predicted molar refractivity (Wildman–Crippen MR) is 60.7 cm³/mol. The smallest absolute Gasteiger partial charge is 0.125 e. The van der Waals surface area contributed by atoms with Gasteiger partial charge < -0.3 is 10.2 Å². The van der Waals surface area contributed by atoms with Crippen LogP contribution in [0.15, 0.2) is 24.3 Å². The zero-order valence-corrected chi connectivity index (χ0v) is 9.04. The molecule has 1 aliphatic heterocycles. The van der Waals surface area contributed by atoms with E-state index < -0.39 is 0 Å². The van der Waals surface area contributed by atoms with Crippen LogP contribution in [0.25, 0.3) is 0 Å². The zero-order chi connectivity index (χ0) is 10.7. The molecule has 0 amide bonds. The molecule has 82 valence electrons. The maximum absolute atomic E-state index is 13.1. The first-order chi connectivity index (χ1) is 7.27. The monoisotopic (exact) mass is 208 g/mol. The third kappa shape index (κ3) is 2.48. The van der Waals surface area contributed by atoms with E-state index in [4.69, 9.17) is 0 Å². The number of benzene rings is 1. The number of nitrogens with zero attached hydrogens (tertiary/aromatic N) is 1. The van der Waals surface area contributed by atoms with E-state index in [0.717, 1.165) is 31.7 Å². The fourth-order valence-electron chi connectivity index (χ4n) is 2.05. The fraction of sp³-hybridized carbons (Fsp3) is 0.500. The lowest BCUT2D eigenvalue weighted by Crippen LogP contribution is -2.34. The highest BCUT2D eigenvalue weighted by Gasteiger charge is 2.16. The Hall–Kier alpha value is -1.09. The molecule has 1 aliphatic rings. The molecule has 1 unspecified atom stereocenters. The summed E-state index contributed by atoms with van der Waals surface area (Å²) in [6.45, 7) is 5.16. The summed E-state index contributed by atoms with van der Waals surface area (Å²) in [5, 5.41) is 3.36. The van der Waals surface area contributed by atoms with Crippen LogP contribution in [0.2, 0.25) is 0 Å². The van der Waals surface area contributed by atoms with Crippen molar-refractivity contribution in [3.63, 3.8) is 0 Å². The Labute approximate surface area is 90.1 Å². The molecule has 0 aliphatic carbocycles. The van der Waals surface area contributed by atoms with Crippen LogP contribution in [0.4, 0.5) is 10.1 Å². The summed E-state index contributed by atoms with van der Waals surface area (Å²) >= 11 is 0. The maximum atomic E-state index is 13.1. The fourth-order valence-corrected chi connectivity index (χ4v) is 2.05. The second kappa shape index (κ2) is 4.62. The molecule has 1 aromatic carbocycles. The molecule has 1 aromatic rings. The molecule has 2 nitrogen and oxygen atoms in total. The first-order valence-corrected chi connectivity index (χ1v) is 5.50. The van der Waals surface area contributed by atoms with E-state index in [-0.39, 0.29) is 5.82 Å². The second-order valence-corrected chi connectivity index (χ2v) is 4.06. The Morgan fingerprint density at radius 2 is 2.27 bits per heavy atom. The van der Waals surface area contributed by atoms with Crippen molar-refractivity contribution in [1.82, 2.24) is 5.32 Å². The summed E-state index contributed by atoms with van der Waals surface area (Å²) in [6, 6.07) is 7.33. The quantitative estimate of drug-likeness (QED) is 0.759. The number of anilines is 1. The maximum Gasteiger partial charge on any atom is 0.125 e. The van der Waals surface area contributed by atoms with Crippen molar-refractivity contribution < 1.29 is 4.39 Å². The lowest BCUT2D eigenvalue weighted by Gasteiger charge is -2.29. The van der Waals surface area contributed by atoms with Crippen molar-refractivity contribution in [3.8, 4) is 0 Å². The van der Waals surface area contributed by atoms with Crippen molar-refractivity contribution in [2.45, 2.75) is 19.4 Å². The molecule has 0 bridgehead atoms. The molecule has 0 spiro atoms. The molecule has 0 aromatic heterocycles. The van der Waals surface area contributed by atoms with Crippen molar-refractivity contribution in [2.75, 3.05) is 24.5 Å². The Kier molecular flexibility index (Phi) is 3.21. The van der Waals surface area contributed by atoms with Crippen molar-refractivity contribution in [2.24, 2.45) is 0 Å². The van der Waals surface area contributed by atoms with Gasteiger partial charge in [-0.2, -0.15) is 0 Å². The largest absolute Gasteiger partial charge is 0.367 e. The van der Waals surface area contributed by atoms with Crippen LogP contribution in [-0.2, 0) is 0 Å². The average Bonchev–Trinajstić information content (AvgIpc) is 2.43. The van der Waals surface area contributed by atoms with Gasteiger partial charge >= 0.3 is 0 Å². The minimum Gasteiger partial charge on any atom is -0.367 e. The molecule has 1 fully saturated rings. The molecule has 0 saturated carbocycles. The minimum absolute atomic E-state index is 0.156. The Morgan fingerprint density at radius 3 is 3.07 bits per heavy atom. The molecule has 1 heterocycles. The van der Waals surface area contributed by atoms with Gasteiger partial charge in [0.05, 0.1) is 0 Å². The van der Waals surface area contributed by atoms with E-state index in [9.17, 15) is 4.39 Å². The van der Waals surface area contributed by atoms with Crippen LogP contribution in [0.5, 0.6) is 0 Å². The summed E-state index contributed by atoms with van der Waals surface area (Å²) in [4.78, 5) is 2.27. The number of halogens is 1. The molecule has 1 saturated heterocycles. The van der Waals surface area contributed by atoms with Crippen molar-refractivity contribution in [1.29, 1.82) is 0 Å². The molecule has 0 radical (unpaired) electrons. The van der Waals surface area contributed by atoms with Gasteiger partial charge in [0.25, 0.3) is 0 Å². The predicted octanol–water partition coefficient (Wildman–Crippen LogP) is 2.01. The van der Waals surface area contributed by atoms with Gasteiger partial charge in [0.2, 0.25) is 0 Å². The van der Waals surface area contributed by atoms with E-state index in [1.165, 1.54) is 6.07 Å². The highest BCUT2D eigenvalue weighted by Crippen LogP contribution is 2.19. The number of rotatable bonds is 1. The molecular weight excluding hydrogens is 191 g/mol. The third-order valence-electron chi connectivity index (χ3n) is 2.94. The van der Waals surface area contributed by atoms with E-state index in [0.29, 0.717) is 6.04 Å². The van der Waals surface area contributed by atoms with Crippen LogP contribution in [0.1, 0.15) is 13.3 Å². The number of hydrogen-bond acceptors (Lipinski definition) is 2. The van der Waals surface area contributed by atoms with Gasteiger partial charge in [-0.05, 0) is 38.1 Å². The molecule has 3 heteroatoms. The highest BCUT2D eigenvalue weighted by atomic mass is 19.1. The summed E-state index contributed by atoms with van der Waals surface area (Å²) in [5.74, 6) is -0.156. The summed E-state index contributed by atoms with van der Waals surface area (Å²) in [7, 11) is 0. The van der Waals surface area contributed by atoms with E-state index in [1.54, 1.807) is 12.1 Å². The van der Waals surface area contributed by atoms with Crippen LogP contribution < -0.4 is 10.2 Å². The minimum atomic E-state index is -0.156. The summed E-state index contributed by atoms with van der Waals surface area (Å²) in [5.41, 5.74) is 0.992. The standard InChI is InChI=1S/C12H17FN2/c1-10-5-6-14-7-8-15(10)12-4-2-3-11(13)9-12/h2-4,9-10,14H,5-8H2,1H3. The second-order valence-electron chi connectivity index (χ2n) is 4.06. The van der Waals surface area contributed by atoms with Crippen LogP contribution in [-0.4, -0.2) is 25.7 Å². The van der Waals surface area contributed by atoms with Crippen LogP contribution >= 0.6 is 0 Å². The van der Waals surface area contributed by atoms with Gasteiger partial charge in [-0.15, -0.1) is 0 Å². The van der Waals surface area contributed by atoms with Gasteiger partial charge in [-0.3, -0.25) is 0 Å².